The van der Waals surface area contributed by atoms with E-state index in [0.29, 0.717) is 6.42 Å². The minimum absolute atomic E-state index is 0.0797. The van der Waals surface area contributed by atoms with Gasteiger partial charge in [0.2, 0.25) is 0 Å². The molecule has 0 radical (unpaired) electrons. The quantitative estimate of drug-likeness (QED) is 0.105. The average Bonchev–Trinajstić information content (AvgIpc) is 2.73. The van der Waals surface area contributed by atoms with Crippen molar-refractivity contribution < 1.29 is 33.2 Å². The van der Waals surface area contributed by atoms with Crippen molar-refractivity contribution in [1.82, 2.24) is 0 Å². The summed E-state index contributed by atoms with van der Waals surface area (Å²) in [6, 6.07) is 0.247. The minimum Gasteiger partial charge on any atom is -0.390 e. The van der Waals surface area contributed by atoms with Gasteiger partial charge in [0.25, 0.3) is 0 Å². The van der Waals surface area contributed by atoms with Crippen LogP contribution in [0.25, 0.3) is 0 Å². The van der Waals surface area contributed by atoms with E-state index in [1.165, 1.54) is 64.2 Å². The Labute approximate surface area is 205 Å². The summed E-state index contributed by atoms with van der Waals surface area (Å²) < 4.78 is 6.83. The van der Waals surface area contributed by atoms with Crippen molar-refractivity contribution in [3.8, 4) is 0 Å². The molecule has 0 spiro atoms. The largest absolute Gasteiger partial charge is 0.495 e. The van der Waals surface area contributed by atoms with E-state index in [4.69, 9.17) is 4.43 Å². The van der Waals surface area contributed by atoms with Crippen LogP contribution in [0.4, 0.5) is 0 Å². The molecule has 0 aromatic heterocycles. The second-order valence-corrected chi connectivity index (χ2v) is 13.6. The molecule has 4 N–H and O–H groups in total. The molecule has 0 rings (SSSR count). The molecule has 8 heteroatoms. The minimum atomic E-state index is -3.86. The number of nitrogens with zero attached hydrogens (tertiary/aromatic N) is 2. The average molecular weight is 495 g/mol. The van der Waals surface area contributed by atoms with Crippen molar-refractivity contribution >= 4 is 8.80 Å². The Kier molecular flexibility index (Phi) is 16.5. The van der Waals surface area contributed by atoms with Gasteiger partial charge in [0.15, 0.2) is 5.54 Å². The van der Waals surface area contributed by atoms with Crippen molar-refractivity contribution in [2.24, 2.45) is 0 Å². The highest BCUT2D eigenvalue weighted by atomic mass is 28.4. The Bertz CT molecular complexity index is 468. The molecular formula is C25H58N2O5Si+2. The Hall–Kier alpha value is -0.0631. The summed E-state index contributed by atoms with van der Waals surface area (Å²) in [4.78, 5) is 21.1. The number of aliphatic hydroxyl groups excluding tert-OH is 2. The zero-order valence-corrected chi connectivity index (χ0v) is 23.8. The molecule has 0 aromatic rings. The molecule has 0 aliphatic heterocycles. The lowest BCUT2D eigenvalue weighted by Crippen LogP contribution is -2.65. The van der Waals surface area contributed by atoms with Gasteiger partial charge in [0, 0.05) is 12.5 Å². The van der Waals surface area contributed by atoms with E-state index in [2.05, 4.69) is 20.9 Å². The maximum Gasteiger partial charge on any atom is 0.495 e. The van der Waals surface area contributed by atoms with Crippen molar-refractivity contribution in [1.29, 1.82) is 0 Å². The van der Waals surface area contributed by atoms with Crippen LogP contribution < -0.4 is 0 Å². The maximum atomic E-state index is 10.6. The fourth-order valence-electron chi connectivity index (χ4n) is 4.30. The third kappa shape index (κ3) is 13.6. The molecule has 0 atom stereocenters. The number of hydrogen-bond acceptors (Lipinski definition) is 5. The molecule has 0 aromatic carbocycles. The summed E-state index contributed by atoms with van der Waals surface area (Å²) in [6.45, 7) is 7.02. The van der Waals surface area contributed by atoms with Gasteiger partial charge in [-0.1, -0.05) is 52.4 Å². The number of hydrogen-bond donors (Lipinski definition) is 4. The van der Waals surface area contributed by atoms with E-state index in [0.717, 1.165) is 24.1 Å². The molecule has 0 fully saturated rings. The molecule has 0 aliphatic rings. The van der Waals surface area contributed by atoms with Crippen LogP contribution in [0.5, 0.6) is 0 Å². The highest BCUT2D eigenvalue weighted by Crippen LogP contribution is 2.22. The van der Waals surface area contributed by atoms with E-state index in [1.54, 1.807) is 0 Å². The third-order valence-corrected chi connectivity index (χ3v) is 9.00. The predicted octanol–water partition coefficient (Wildman–Crippen LogP) is 3.13. The van der Waals surface area contributed by atoms with Gasteiger partial charge >= 0.3 is 8.80 Å². The number of unbranched alkanes of at least 4 members (excludes halogenated alkanes) is 8. The summed E-state index contributed by atoms with van der Waals surface area (Å²) in [6.07, 6.45) is 13.4. The first-order chi connectivity index (χ1) is 15.4. The van der Waals surface area contributed by atoms with E-state index in [1.807, 2.05) is 21.1 Å². The van der Waals surface area contributed by atoms with E-state index < -0.39 is 14.3 Å². The van der Waals surface area contributed by atoms with Crippen molar-refractivity contribution in [3.63, 3.8) is 0 Å². The fraction of sp³-hybridized carbons (Fsp3) is 1.00. The third-order valence-electron chi connectivity index (χ3n) is 7.39. The van der Waals surface area contributed by atoms with Crippen LogP contribution in [0.15, 0.2) is 0 Å². The van der Waals surface area contributed by atoms with Gasteiger partial charge in [-0.15, -0.1) is 0 Å². The van der Waals surface area contributed by atoms with Crippen LogP contribution in [0.3, 0.4) is 0 Å². The summed E-state index contributed by atoms with van der Waals surface area (Å²) in [7, 11) is 4.03. The Morgan fingerprint density at radius 3 is 1.48 bits per heavy atom. The molecule has 0 aliphatic carbocycles. The number of quaternary nitrogens is 2. The van der Waals surface area contributed by atoms with Gasteiger partial charge in [-0.05, 0) is 25.7 Å². The standard InChI is InChI=1S/C25H58N2O5Si/c1-7-9-11-13-15-18-27(6,19-16-14-12-10-8-2)20-17-21-33(30,31)32-24-25(22-28,23-29)26(3,4)5/h28-31H,7-24H2,1-6H3/q+2. The van der Waals surface area contributed by atoms with E-state index in [9.17, 15) is 19.8 Å². The second kappa shape index (κ2) is 16.6. The van der Waals surface area contributed by atoms with Gasteiger partial charge in [-0.25, -0.2) is 0 Å². The number of likely N-dealkylation sites (N-methyl/N-ethyl adjacent to an activating group) is 1. The lowest BCUT2D eigenvalue weighted by atomic mass is 9.99. The van der Waals surface area contributed by atoms with E-state index in [-0.39, 0.29) is 30.3 Å². The van der Waals surface area contributed by atoms with Crippen molar-refractivity contribution in [3.05, 3.63) is 0 Å². The van der Waals surface area contributed by atoms with Crippen LogP contribution in [0, 0.1) is 0 Å². The van der Waals surface area contributed by atoms with Crippen LogP contribution >= 0.6 is 0 Å². The number of rotatable bonds is 22. The summed E-state index contributed by atoms with van der Waals surface area (Å²) in [5.41, 5.74) is -0.967. The lowest BCUT2D eigenvalue weighted by Gasteiger charge is -2.44. The van der Waals surface area contributed by atoms with Crippen molar-refractivity contribution in [2.75, 3.05) is 67.6 Å². The van der Waals surface area contributed by atoms with Crippen LogP contribution in [0.2, 0.25) is 6.04 Å². The first kappa shape index (κ1) is 32.9. The van der Waals surface area contributed by atoms with Gasteiger partial charge in [0.1, 0.15) is 13.2 Å². The zero-order chi connectivity index (χ0) is 25.4. The molecule has 33 heavy (non-hydrogen) atoms. The zero-order valence-electron chi connectivity index (χ0n) is 22.8. The fourth-order valence-corrected chi connectivity index (χ4v) is 5.56. The topological polar surface area (TPSA) is 90.2 Å². The monoisotopic (exact) mass is 494 g/mol. The molecule has 0 saturated heterocycles. The highest BCUT2D eigenvalue weighted by molar-refractivity contribution is 6.57. The second-order valence-electron chi connectivity index (χ2n) is 11.3. The Morgan fingerprint density at radius 2 is 1.09 bits per heavy atom. The molecule has 7 nitrogen and oxygen atoms in total. The molecule has 200 valence electrons. The first-order valence-electron chi connectivity index (χ1n) is 13.4. The molecule has 0 heterocycles. The molecule has 0 amide bonds. The smallest absolute Gasteiger partial charge is 0.390 e. The normalized spacial score (nSPS) is 13.6. The summed E-state index contributed by atoms with van der Waals surface area (Å²) in [5.74, 6) is 0. The van der Waals surface area contributed by atoms with Gasteiger partial charge in [-0.2, -0.15) is 0 Å². The van der Waals surface area contributed by atoms with Crippen molar-refractivity contribution in [2.45, 2.75) is 96.1 Å². The van der Waals surface area contributed by atoms with Crippen LogP contribution in [-0.2, 0) is 4.43 Å². The molecular weight excluding hydrogens is 436 g/mol. The Balaban J connectivity index is 4.79. The SMILES string of the molecule is CCCCCCC[N+](C)(CCCCCCC)CCC[Si](O)(O)OCC(CO)(CO)[N+](C)(C)C. The molecule has 0 unspecified atom stereocenters. The molecule has 0 bridgehead atoms. The lowest BCUT2D eigenvalue weighted by molar-refractivity contribution is -0.925. The van der Waals surface area contributed by atoms with Gasteiger partial charge < -0.3 is 33.2 Å². The molecule has 0 saturated carbocycles. The predicted molar refractivity (Wildman–Crippen MR) is 139 cm³/mol. The van der Waals surface area contributed by atoms with Gasteiger partial charge in [0.05, 0.1) is 54.4 Å². The summed E-state index contributed by atoms with van der Waals surface area (Å²) >= 11 is 0. The Morgan fingerprint density at radius 1 is 0.667 bits per heavy atom. The highest BCUT2D eigenvalue weighted by Gasteiger charge is 2.46. The van der Waals surface area contributed by atoms with Gasteiger partial charge in [-0.3, -0.25) is 0 Å². The van der Waals surface area contributed by atoms with Crippen LogP contribution in [0.1, 0.15) is 84.5 Å². The maximum absolute atomic E-state index is 10.6. The number of aliphatic hydroxyl groups is 2. The summed E-state index contributed by atoms with van der Waals surface area (Å²) in [5, 5.41) is 19.7. The van der Waals surface area contributed by atoms with E-state index >= 15 is 0 Å². The first-order valence-corrected chi connectivity index (χ1v) is 15.4. The van der Waals surface area contributed by atoms with Crippen LogP contribution in [-0.4, -0.2) is 111 Å².